The van der Waals surface area contributed by atoms with E-state index in [1.165, 1.54) is 43.3 Å². The number of aryl methyl sites for hydroxylation is 1. The van der Waals surface area contributed by atoms with Crippen molar-refractivity contribution in [3.8, 4) is 0 Å². The average molecular weight is 675 g/mol. The lowest BCUT2D eigenvalue weighted by Crippen LogP contribution is -2.37. The fraction of sp³-hybridized carbons (Fsp3) is 0.436. The third-order valence-electron chi connectivity index (χ3n) is 9.25. The van der Waals surface area contributed by atoms with Gasteiger partial charge in [0.25, 0.3) is 0 Å². The molecular weight excluding hydrogens is 628 g/mol. The second-order valence-corrected chi connectivity index (χ2v) is 13.6. The second-order valence-electron chi connectivity index (χ2n) is 12.5. The molecule has 0 saturated heterocycles. The van der Waals surface area contributed by atoms with Crippen molar-refractivity contribution in [2.24, 2.45) is 0 Å². The van der Waals surface area contributed by atoms with Gasteiger partial charge in [-0.15, -0.1) is 11.3 Å². The van der Waals surface area contributed by atoms with Crippen LogP contribution in [0.15, 0.2) is 72.8 Å². The van der Waals surface area contributed by atoms with Crippen molar-refractivity contribution in [2.75, 3.05) is 6.61 Å². The van der Waals surface area contributed by atoms with E-state index in [1.54, 1.807) is 43.3 Å². The van der Waals surface area contributed by atoms with Gasteiger partial charge in [0, 0.05) is 28.2 Å². The zero-order valence-corrected chi connectivity index (χ0v) is 29.0. The SMILES string of the molecule is CC(CCc1ccc2c(=O)c3sc4c(=O)c5ccccc5c(=O)c4c3c(=O)c2c1)=C1CCC1.CCC(O)C(O)C(O)CCO.CCCC. The Morgan fingerprint density at radius 3 is 1.79 bits per heavy atom. The van der Waals surface area contributed by atoms with Crippen molar-refractivity contribution < 1.29 is 20.4 Å². The standard InChI is InChI=1S/C28H20O4S.C7H16O4.C4H10/c1-14(16-5-4-6-16)9-10-15-11-12-19-20(13-15)24(30)22-21-23(29)17-7-2-3-8-18(17)25(31)27(21)33-28(22)26(19)32;1-2-5(9)7(11)6(10)3-4-8;1-3-4-2/h2-3,7-8,11-13H,4-6,9-10H2,1H3;5-11H,2-4H2,1H3;3-4H2,1-2H3. The molecule has 0 bridgehead atoms. The van der Waals surface area contributed by atoms with E-state index in [1.807, 2.05) is 6.07 Å². The second kappa shape index (κ2) is 16.7. The van der Waals surface area contributed by atoms with Gasteiger partial charge in [0.1, 0.15) is 6.10 Å². The van der Waals surface area contributed by atoms with Crippen LogP contribution < -0.4 is 21.7 Å². The molecule has 5 aromatic rings. The molecule has 0 radical (unpaired) electrons. The lowest BCUT2D eigenvalue weighted by atomic mass is 9.86. The molecule has 9 heteroatoms. The van der Waals surface area contributed by atoms with Gasteiger partial charge in [0.15, 0.2) is 10.9 Å². The minimum absolute atomic E-state index is 0.0955. The molecule has 1 fully saturated rings. The first-order chi connectivity index (χ1) is 23.0. The van der Waals surface area contributed by atoms with Gasteiger partial charge in [0.05, 0.1) is 32.4 Å². The highest BCUT2D eigenvalue weighted by molar-refractivity contribution is 7.25. The molecule has 0 spiro atoms. The minimum atomic E-state index is -1.15. The van der Waals surface area contributed by atoms with Crippen LogP contribution in [0.1, 0.15) is 84.6 Å². The fourth-order valence-electron chi connectivity index (χ4n) is 5.80. The highest BCUT2D eigenvalue weighted by atomic mass is 32.1. The van der Waals surface area contributed by atoms with Gasteiger partial charge >= 0.3 is 0 Å². The first-order valence-electron chi connectivity index (χ1n) is 16.9. The molecule has 1 heterocycles. The average Bonchev–Trinajstić information content (AvgIpc) is 3.49. The zero-order chi connectivity index (χ0) is 35.1. The molecule has 1 aliphatic carbocycles. The van der Waals surface area contributed by atoms with Crippen LogP contribution in [0, 0.1) is 0 Å². The summed E-state index contributed by atoms with van der Waals surface area (Å²) < 4.78 is 0.395. The molecule has 8 nitrogen and oxygen atoms in total. The van der Waals surface area contributed by atoms with E-state index in [9.17, 15) is 19.2 Å². The minimum Gasteiger partial charge on any atom is -0.396 e. The summed E-state index contributed by atoms with van der Waals surface area (Å²) in [6.45, 7) is 8.06. The summed E-state index contributed by atoms with van der Waals surface area (Å²) in [5.74, 6) is 0. The quantitative estimate of drug-likeness (QED) is 0.144. The van der Waals surface area contributed by atoms with Gasteiger partial charge in [-0.1, -0.05) is 75.1 Å². The Hall–Kier alpha value is -3.60. The molecule has 3 atom stereocenters. The first-order valence-corrected chi connectivity index (χ1v) is 17.7. The smallest absolute Gasteiger partial charge is 0.204 e. The summed E-state index contributed by atoms with van der Waals surface area (Å²) >= 11 is 0.972. The maximum atomic E-state index is 13.6. The Kier molecular flexibility index (Phi) is 12.9. The van der Waals surface area contributed by atoms with Gasteiger partial charge in [-0.3, -0.25) is 19.2 Å². The monoisotopic (exact) mass is 674 g/mol. The van der Waals surface area contributed by atoms with Crippen molar-refractivity contribution in [3.05, 3.63) is 100 Å². The molecule has 1 aliphatic rings. The lowest BCUT2D eigenvalue weighted by Gasteiger charge is -2.20. The maximum Gasteiger partial charge on any atom is 0.204 e. The number of aliphatic hydroxyl groups excluding tert-OH is 4. The molecule has 0 amide bonds. The van der Waals surface area contributed by atoms with E-state index < -0.39 is 18.3 Å². The van der Waals surface area contributed by atoms with Crippen molar-refractivity contribution in [1.29, 1.82) is 0 Å². The zero-order valence-electron chi connectivity index (χ0n) is 28.2. The molecule has 6 rings (SSSR count). The maximum absolute atomic E-state index is 13.6. The molecule has 48 heavy (non-hydrogen) atoms. The van der Waals surface area contributed by atoms with Crippen LogP contribution in [0.3, 0.4) is 0 Å². The summed E-state index contributed by atoms with van der Waals surface area (Å²) in [5.41, 5.74) is 2.66. The van der Waals surface area contributed by atoms with Crippen LogP contribution in [-0.2, 0) is 6.42 Å². The van der Waals surface area contributed by atoms with Crippen LogP contribution in [0.5, 0.6) is 0 Å². The van der Waals surface area contributed by atoms with Gasteiger partial charge in [-0.25, -0.2) is 0 Å². The van der Waals surface area contributed by atoms with E-state index in [0.717, 1.165) is 29.7 Å². The number of unbranched alkanes of at least 4 members (excludes halogenated alkanes) is 1. The molecule has 4 aromatic carbocycles. The number of rotatable bonds is 9. The number of hydrogen-bond acceptors (Lipinski definition) is 9. The topological polar surface area (TPSA) is 149 Å². The van der Waals surface area contributed by atoms with E-state index in [-0.39, 0.29) is 60.3 Å². The van der Waals surface area contributed by atoms with Gasteiger partial charge < -0.3 is 20.4 Å². The Bertz CT molecular complexity index is 2130. The predicted octanol–water partition coefficient (Wildman–Crippen LogP) is 5.78. The van der Waals surface area contributed by atoms with Gasteiger partial charge in [0.2, 0.25) is 10.9 Å². The molecular formula is C39H46O8S. The number of thiophene rings is 1. The predicted molar refractivity (Wildman–Crippen MR) is 197 cm³/mol. The molecule has 0 aliphatic heterocycles. The van der Waals surface area contributed by atoms with Crippen LogP contribution in [0.2, 0.25) is 0 Å². The summed E-state index contributed by atoms with van der Waals surface area (Å²) in [5, 5.41) is 37.1. The van der Waals surface area contributed by atoms with E-state index >= 15 is 0 Å². The Labute approximate surface area is 283 Å². The summed E-state index contributed by atoms with van der Waals surface area (Å²) in [7, 11) is 0. The van der Waals surface area contributed by atoms with E-state index in [0.29, 0.717) is 22.6 Å². The first kappa shape index (κ1) is 37.2. The van der Waals surface area contributed by atoms with Crippen molar-refractivity contribution in [2.45, 2.75) is 104 Å². The summed E-state index contributed by atoms with van der Waals surface area (Å²) in [4.78, 5) is 53.2. The number of hydrogen-bond donors (Lipinski definition) is 4. The molecule has 3 unspecified atom stereocenters. The number of allylic oxidation sites excluding steroid dienone is 2. The highest BCUT2D eigenvalue weighted by Gasteiger charge is 2.23. The normalized spacial score (nSPS) is 14.6. The Morgan fingerprint density at radius 1 is 0.750 bits per heavy atom. The van der Waals surface area contributed by atoms with Crippen LogP contribution in [0.4, 0.5) is 0 Å². The lowest BCUT2D eigenvalue weighted by molar-refractivity contribution is -0.0662. The Balaban J connectivity index is 0.000000293. The number of aliphatic hydroxyl groups is 4. The van der Waals surface area contributed by atoms with Crippen molar-refractivity contribution in [1.82, 2.24) is 0 Å². The number of benzene rings is 4. The Morgan fingerprint density at radius 2 is 1.29 bits per heavy atom. The largest absolute Gasteiger partial charge is 0.396 e. The van der Waals surface area contributed by atoms with Crippen LogP contribution in [-0.4, -0.2) is 45.3 Å². The third kappa shape index (κ3) is 7.66. The van der Waals surface area contributed by atoms with E-state index in [2.05, 4.69) is 20.8 Å². The summed E-state index contributed by atoms with van der Waals surface area (Å²) in [6, 6.07) is 12.0. The van der Waals surface area contributed by atoms with Gasteiger partial charge in [-0.2, -0.15) is 0 Å². The molecule has 256 valence electrons. The molecule has 1 saturated carbocycles. The summed E-state index contributed by atoms with van der Waals surface area (Å²) in [6.07, 6.45) is 5.40. The van der Waals surface area contributed by atoms with Gasteiger partial charge in [-0.05, 0) is 69.6 Å². The number of fused-ring (bicyclic) bond motifs is 5. The fourth-order valence-corrected chi connectivity index (χ4v) is 7.00. The van der Waals surface area contributed by atoms with Crippen molar-refractivity contribution >= 4 is 53.1 Å². The molecule has 4 N–H and O–H groups in total. The van der Waals surface area contributed by atoms with Crippen LogP contribution >= 0.6 is 11.3 Å². The molecule has 1 aromatic heterocycles. The van der Waals surface area contributed by atoms with Crippen LogP contribution in [0.25, 0.3) is 41.7 Å². The highest BCUT2D eigenvalue weighted by Crippen LogP contribution is 2.31. The van der Waals surface area contributed by atoms with Crippen molar-refractivity contribution in [3.63, 3.8) is 0 Å². The third-order valence-corrected chi connectivity index (χ3v) is 10.4. The van der Waals surface area contributed by atoms with E-state index in [4.69, 9.17) is 20.4 Å².